The number of halogens is 2. The number of esters is 1. The van der Waals surface area contributed by atoms with Crippen LogP contribution in [-0.2, 0) is 14.8 Å². The lowest BCUT2D eigenvalue weighted by Crippen LogP contribution is -2.15. The zero-order chi connectivity index (χ0) is 17.2. The van der Waals surface area contributed by atoms with E-state index in [1.54, 1.807) is 6.92 Å². The molecule has 0 heterocycles. The van der Waals surface area contributed by atoms with Crippen molar-refractivity contribution in [1.82, 2.24) is 0 Å². The number of rotatable bonds is 4. The molecule has 0 saturated heterocycles. The first kappa shape index (κ1) is 17.2. The first-order chi connectivity index (χ1) is 10.7. The number of benzene rings is 2. The van der Waals surface area contributed by atoms with Gasteiger partial charge in [-0.25, -0.2) is 17.6 Å². The van der Waals surface area contributed by atoms with Gasteiger partial charge in [0.2, 0.25) is 0 Å². The smallest absolute Gasteiger partial charge is 0.339 e. The molecule has 0 aliphatic rings. The number of carbonyl (C=O) groups is 1. The summed E-state index contributed by atoms with van der Waals surface area (Å²) in [5, 5.41) is 0.113. The molecule has 8 heteroatoms. The Kier molecular flexibility index (Phi) is 4.91. The average molecular weight is 358 g/mol. The number of aryl methyl sites for hydroxylation is 1. The number of nitrogens with one attached hydrogen (secondary N) is 1. The molecule has 0 saturated carbocycles. The second kappa shape index (κ2) is 6.55. The van der Waals surface area contributed by atoms with E-state index in [1.165, 1.54) is 37.4 Å². The van der Waals surface area contributed by atoms with Gasteiger partial charge in [0, 0.05) is 5.69 Å². The van der Waals surface area contributed by atoms with Crippen LogP contribution in [0.25, 0.3) is 0 Å². The van der Waals surface area contributed by atoms with Crippen LogP contribution >= 0.6 is 11.6 Å². The summed E-state index contributed by atoms with van der Waals surface area (Å²) in [5.74, 6) is -1.58. The molecule has 0 bridgehead atoms. The molecule has 0 radical (unpaired) electrons. The summed E-state index contributed by atoms with van der Waals surface area (Å²) < 4.78 is 45.2. The molecule has 0 aliphatic carbocycles. The van der Waals surface area contributed by atoms with Crippen molar-refractivity contribution in [3.8, 4) is 0 Å². The first-order valence-corrected chi connectivity index (χ1v) is 8.27. The van der Waals surface area contributed by atoms with Crippen molar-refractivity contribution in [2.45, 2.75) is 11.8 Å². The van der Waals surface area contributed by atoms with Gasteiger partial charge in [-0.1, -0.05) is 17.7 Å². The maximum absolute atomic E-state index is 13.8. The van der Waals surface area contributed by atoms with Crippen LogP contribution in [0.3, 0.4) is 0 Å². The second-order valence-corrected chi connectivity index (χ2v) is 6.78. The Morgan fingerprint density at radius 2 is 1.91 bits per heavy atom. The van der Waals surface area contributed by atoms with E-state index in [2.05, 4.69) is 9.46 Å². The highest BCUT2D eigenvalue weighted by Gasteiger charge is 2.20. The van der Waals surface area contributed by atoms with Crippen molar-refractivity contribution in [3.63, 3.8) is 0 Å². The van der Waals surface area contributed by atoms with E-state index in [0.717, 1.165) is 6.07 Å². The zero-order valence-corrected chi connectivity index (χ0v) is 13.8. The Labute approximate surface area is 138 Å². The largest absolute Gasteiger partial charge is 0.465 e. The first-order valence-electron chi connectivity index (χ1n) is 6.41. The average Bonchev–Trinajstić information content (AvgIpc) is 2.50. The third-order valence-corrected chi connectivity index (χ3v) is 4.73. The van der Waals surface area contributed by atoms with Gasteiger partial charge in [-0.05, 0) is 42.8 Å². The van der Waals surface area contributed by atoms with Crippen LogP contribution in [0, 0.1) is 12.7 Å². The van der Waals surface area contributed by atoms with Crippen LogP contribution in [0.2, 0.25) is 5.02 Å². The molecule has 0 fully saturated rings. The van der Waals surface area contributed by atoms with E-state index in [4.69, 9.17) is 11.6 Å². The molecule has 0 atom stereocenters. The molecule has 0 amide bonds. The predicted molar refractivity (Wildman–Crippen MR) is 84.7 cm³/mol. The van der Waals surface area contributed by atoms with Crippen molar-refractivity contribution >= 4 is 33.3 Å². The highest BCUT2D eigenvalue weighted by atomic mass is 35.5. The van der Waals surface area contributed by atoms with Gasteiger partial charge in [-0.15, -0.1) is 0 Å². The molecular formula is C15H13ClFNO4S. The van der Waals surface area contributed by atoms with Gasteiger partial charge in [0.15, 0.2) is 0 Å². The van der Waals surface area contributed by atoms with Crippen LogP contribution < -0.4 is 4.72 Å². The lowest BCUT2D eigenvalue weighted by Gasteiger charge is -2.11. The predicted octanol–water partition coefficient (Wildman–Crippen LogP) is 3.37. The zero-order valence-electron chi connectivity index (χ0n) is 12.3. The van der Waals surface area contributed by atoms with E-state index in [0.29, 0.717) is 5.56 Å². The molecule has 2 rings (SSSR count). The number of hydrogen-bond donors (Lipinski definition) is 1. The lowest BCUT2D eigenvalue weighted by molar-refractivity contribution is 0.0601. The normalized spacial score (nSPS) is 11.1. The molecule has 122 valence electrons. The molecule has 5 nitrogen and oxygen atoms in total. The van der Waals surface area contributed by atoms with Gasteiger partial charge < -0.3 is 4.74 Å². The van der Waals surface area contributed by atoms with Gasteiger partial charge in [-0.3, -0.25) is 4.72 Å². The second-order valence-electron chi connectivity index (χ2n) is 4.73. The van der Waals surface area contributed by atoms with Gasteiger partial charge >= 0.3 is 5.97 Å². The molecule has 0 unspecified atom stereocenters. The van der Waals surface area contributed by atoms with Crippen molar-refractivity contribution in [3.05, 3.63) is 58.4 Å². The summed E-state index contributed by atoms with van der Waals surface area (Å²) in [6.07, 6.45) is 0. The Bertz CT molecular complexity index is 868. The topological polar surface area (TPSA) is 72.5 Å². The highest BCUT2D eigenvalue weighted by molar-refractivity contribution is 7.92. The number of ether oxygens (including phenoxy) is 1. The Morgan fingerprint density at radius 3 is 2.57 bits per heavy atom. The molecule has 0 aromatic heterocycles. The summed E-state index contributed by atoms with van der Waals surface area (Å²) in [6, 6.07) is 7.68. The third kappa shape index (κ3) is 3.80. The van der Waals surface area contributed by atoms with E-state index in [9.17, 15) is 17.6 Å². The SMILES string of the molecule is COC(=O)c1cc(NS(=O)(=O)c2cc(C)ccc2F)ccc1Cl. The van der Waals surface area contributed by atoms with Gasteiger partial charge in [-0.2, -0.15) is 0 Å². The summed E-state index contributed by atoms with van der Waals surface area (Å²) in [7, 11) is -2.97. The third-order valence-electron chi connectivity index (χ3n) is 3.00. The quantitative estimate of drug-likeness (QED) is 0.851. The summed E-state index contributed by atoms with van der Waals surface area (Å²) in [5.41, 5.74) is 0.660. The standard InChI is InChI=1S/C15H13ClFNO4S/c1-9-3-6-13(17)14(7-9)23(20,21)18-10-4-5-12(16)11(8-10)15(19)22-2/h3-8,18H,1-2H3. The fourth-order valence-corrected chi connectivity index (χ4v) is 3.29. The lowest BCUT2D eigenvalue weighted by atomic mass is 10.2. The minimum atomic E-state index is -4.15. The minimum Gasteiger partial charge on any atom is -0.465 e. The van der Waals surface area contributed by atoms with Crippen molar-refractivity contribution in [1.29, 1.82) is 0 Å². The Morgan fingerprint density at radius 1 is 1.22 bits per heavy atom. The van der Waals surface area contributed by atoms with Crippen LogP contribution in [0.5, 0.6) is 0 Å². The highest BCUT2D eigenvalue weighted by Crippen LogP contribution is 2.24. The summed E-state index contributed by atoms with van der Waals surface area (Å²) in [6.45, 7) is 1.65. The van der Waals surface area contributed by atoms with Crippen LogP contribution in [0.15, 0.2) is 41.3 Å². The maximum atomic E-state index is 13.8. The number of anilines is 1. The van der Waals surface area contributed by atoms with Gasteiger partial charge in [0.1, 0.15) is 10.7 Å². The van der Waals surface area contributed by atoms with Gasteiger partial charge in [0.05, 0.1) is 17.7 Å². The molecular weight excluding hydrogens is 345 g/mol. The van der Waals surface area contributed by atoms with E-state index >= 15 is 0 Å². The Balaban J connectivity index is 2.42. The van der Waals surface area contributed by atoms with E-state index in [-0.39, 0.29) is 16.3 Å². The van der Waals surface area contributed by atoms with Crippen molar-refractivity contribution in [2.75, 3.05) is 11.8 Å². The number of methoxy groups -OCH3 is 1. The van der Waals surface area contributed by atoms with E-state index in [1.807, 2.05) is 0 Å². The number of carbonyl (C=O) groups excluding carboxylic acids is 1. The molecule has 23 heavy (non-hydrogen) atoms. The molecule has 0 aliphatic heterocycles. The number of hydrogen-bond acceptors (Lipinski definition) is 4. The van der Waals surface area contributed by atoms with Crippen molar-refractivity contribution in [2.24, 2.45) is 0 Å². The Hall–Kier alpha value is -2.12. The molecule has 2 aromatic carbocycles. The molecule has 0 spiro atoms. The van der Waals surface area contributed by atoms with Crippen molar-refractivity contribution < 1.29 is 22.3 Å². The monoisotopic (exact) mass is 357 g/mol. The number of sulfonamides is 1. The minimum absolute atomic E-state index is 0.000851. The summed E-state index contributed by atoms with van der Waals surface area (Å²) in [4.78, 5) is 11.1. The van der Waals surface area contributed by atoms with Crippen LogP contribution in [0.4, 0.5) is 10.1 Å². The van der Waals surface area contributed by atoms with Crippen LogP contribution in [0.1, 0.15) is 15.9 Å². The fourth-order valence-electron chi connectivity index (χ4n) is 1.88. The summed E-state index contributed by atoms with van der Waals surface area (Å²) >= 11 is 5.87. The van der Waals surface area contributed by atoms with Crippen LogP contribution in [-0.4, -0.2) is 21.5 Å². The van der Waals surface area contributed by atoms with E-state index < -0.39 is 26.7 Å². The molecule has 2 aromatic rings. The van der Waals surface area contributed by atoms with Gasteiger partial charge in [0.25, 0.3) is 10.0 Å². The molecule has 1 N–H and O–H groups in total. The maximum Gasteiger partial charge on any atom is 0.339 e. The fraction of sp³-hybridized carbons (Fsp3) is 0.133.